The van der Waals surface area contributed by atoms with E-state index in [2.05, 4.69) is 0 Å². The molecule has 0 saturated carbocycles. The Balaban J connectivity index is 2.03. The van der Waals surface area contributed by atoms with Gasteiger partial charge in [0.25, 0.3) is 0 Å². The maximum absolute atomic E-state index is 12.2. The molecule has 8 heteroatoms. The highest BCUT2D eigenvalue weighted by Gasteiger charge is 2.28. The first kappa shape index (κ1) is 16.2. The summed E-state index contributed by atoms with van der Waals surface area (Å²) < 4.78 is 25.4. The molecule has 2 heterocycles. The van der Waals surface area contributed by atoms with Crippen molar-refractivity contribution < 1.29 is 13.2 Å². The molecule has 0 N–H and O–H groups in total. The smallest absolute Gasteiger partial charge is 0.211 e. The Kier molecular flexibility index (Phi) is 5.13. The summed E-state index contributed by atoms with van der Waals surface area (Å²) in [4.78, 5) is 12.2. The number of rotatable bonds is 4. The largest absolute Gasteiger partial charge is 0.294 e. The molecule has 0 aliphatic carbocycles. The molecule has 4 nitrogen and oxygen atoms in total. The van der Waals surface area contributed by atoms with Crippen LogP contribution >= 0.6 is 34.5 Å². The van der Waals surface area contributed by atoms with E-state index in [0.29, 0.717) is 33.7 Å². The van der Waals surface area contributed by atoms with Crippen LogP contribution < -0.4 is 0 Å². The van der Waals surface area contributed by atoms with Crippen LogP contribution in [-0.2, 0) is 10.0 Å². The first-order valence-corrected chi connectivity index (χ1v) is 9.62. The van der Waals surface area contributed by atoms with Gasteiger partial charge in [0.05, 0.1) is 10.6 Å². The second kappa shape index (κ2) is 6.32. The van der Waals surface area contributed by atoms with Gasteiger partial charge < -0.3 is 0 Å². The van der Waals surface area contributed by atoms with Crippen molar-refractivity contribution in [1.29, 1.82) is 0 Å². The zero-order chi connectivity index (χ0) is 14.9. The van der Waals surface area contributed by atoms with E-state index < -0.39 is 10.0 Å². The summed E-state index contributed by atoms with van der Waals surface area (Å²) in [7, 11) is -3.19. The standard InChI is InChI=1S/C12H15Cl2NO3S2/c1-20(17,18)15-4-2-3-8(7-15)5-10(16)9-6-11(13)19-12(9)14/h6,8H,2-5,7H2,1H3. The summed E-state index contributed by atoms with van der Waals surface area (Å²) in [6.45, 7) is 0.939. The molecule has 1 aromatic rings. The number of nitrogens with zero attached hydrogens (tertiary/aromatic N) is 1. The van der Waals surface area contributed by atoms with Gasteiger partial charge in [0, 0.05) is 25.1 Å². The van der Waals surface area contributed by atoms with Crippen LogP contribution in [0, 0.1) is 5.92 Å². The van der Waals surface area contributed by atoms with E-state index >= 15 is 0 Å². The van der Waals surface area contributed by atoms with Crippen LogP contribution in [0.5, 0.6) is 0 Å². The SMILES string of the molecule is CS(=O)(=O)N1CCCC(CC(=O)c2cc(Cl)sc2Cl)C1. The molecular formula is C12H15Cl2NO3S2. The monoisotopic (exact) mass is 355 g/mol. The average molecular weight is 356 g/mol. The lowest BCUT2D eigenvalue weighted by Crippen LogP contribution is -2.39. The van der Waals surface area contributed by atoms with Gasteiger partial charge in [-0.05, 0) is 24.8 Å². The Morgan fingerprint density at radius 2 is 2.20 bits per heavy atom. The minimum Gasteiger partial charge on any atom is -0.294 e. The molecule has 112 valence electrons. The van der Waals surface area contributed by atoms with Crippen LogP contribution in [0.2, 0.25) is 8.67 Å². The third kappa shape index (κ3) is 3.95. The molecule has 0 aromatic carbocycles. The van der Waals surface area contributed by atoms with Gasteiger partial charge in [-0.15, -0.1) is 11.3 Å². The van der Waals surface area contributed by atoms with Gasteiger partial charge in [0.15, 0.2) is 5.78 Å². The van der Waals surface area contributed by atoms with Crippen molar-refractivity contribution in [2.75, 3.05) is 19.3 Å². The zero-order valence-corrected chi connectivity index (χ0v) is 14.1. The van der Waals surface area contributed by atoms with Crippen molar-refractivity contribution in [3.63, 3.8) is 0 Å². The Labute approximate surface area is 132 Å². The van der Waals surface area contributed by atoms with Crippen molar-refractivity contribution in [2.45, 2.75) is 19.3 Å². The number of piperidine rings is 1. The lowest BCUT2D eigenvalue weighted by atomic mass is 9.92. The van der Waals surface area contributed by atoms with E-state index in [0.717, 1.165) is 12.8 Å². The number of carbonyl (C=O) groups is 1. The van der Waals surface area contributed by atoms with E-state index in [1.54, 1.807) is 6.07 Å². The molecule has 1 fully saturated rings. The second-order valence-corrected chi connectivity index (χ2v) is 9.26. The molecule has 1 unspecified atom stereocenters. The fourth-order valence-electron chi connectivity index (χ4n) is 2.40. The quantitative estimate of drug-likeness (QED) is 0.778. The van der Waals surface area contributed by atoms with Crippen LogP contribution in [0.1, 0.15) is 29.6 Å². The molecule has 0 amide bonds. The fourth-order valence-corrected chi connectivity index (χ4v) is 4.84. The Bertz CT molecular complexity index is 612. The van der Waals surface area contributed by atoms with Gasteiger partial charge >= 0.3 is 0 Å². The molecule has 0 radical (unpaired) electrons. The van der Waals surface area contributed by atoms with Crippen molar-refractivity contribution in [3.05, 3.63) is 20.3 Å². The van der Waals surface area contributed by atoms with E-state index in [4.69, 9.17) is 23.2 Å². The number of ketones is 1. The molecule has 1 saturated heterocycles. The molecule has 1 aliphatic heterocycles. The first-order chi connectivity index (χ1) is 9.27. The van der Waals surface area contributed by atoms with E-state index in [-0.39, 0.29) is 11.7 Å². The number of thiophene rings is 1. The van der Waals surface area contributed by atoms with Crippen LogP contribution in [0.4, 0.5) is 0 Å². The summed E-state index contributed by atoms with van der Waals surface area (Å²) in [5, 5.41) is 0. The lowest BCUT2D eigenvalue weighted by Gasteiger charge is -2.30. The summed E-state index contributed by atoms with van der Waals surface area (Å²) in [6.07, 6.45) is 3.14. The van der Waals surface area contributed by atoms with Gasteiger partial charge in [-0.3, -0.25) is 4.79 Å². The molecule has 1 atom stereocenters. The predicted octanol–water partition coefficient (Wildman–Crippen LogP) is 3.30. The zero-order valence-electron chi connectivity index (χ0n) is 10.9. The van der Waals surface area contributed by atoms with Crippen LogP contribution in [-0.4, -0.2) is 37.9 Å². The first-order valence-electron chi connectivity index (χ1n) is 6.20. The third-order valence-corrected chi connectivity index (χ3v) is 6.14. The normalized spacial score (nSPS) is 21.1. The summed E-state index contributed by atoms with van der Waals surface area (Å²) in [5.74, 6) is -0.0285. The summed E-state index contributed by atoms with van der Waals surface area (Å²) in [6, 6.07) is 1.58. The van der Waals surface area contributed by atoms with E-state index in [1.165, 1.54) is 21.9 Å². The summed E-state index contributed by atoms with van der Waals surface area (Å²) >= 11 is 13.0. The molecule has 0 bridgehead atoms. The Hall–Kier alpha value is -0.140. The average Bonchev–Trinajstić information content (AvgIpc) is 2.68. The number of hydrogen-bond donors (Lipinski definition) is 0. The lowest BCUT2D eigenvalue weighted by molar-refractivity contribution is 0.0943. The molecule has 1 aromatic heterocycles. The highest BCUT2D eigenvalue weighted by molar-refractivity contribution is 7.88. The maximum atomic E-state index is 12.2. The highest BCUT2D eigenvalue weighted by Crippen LogP contribution is 2.33. The van der Waals surface area contributed by atoms with Gasteiger partial charge in [-0.1, -0.05) is 23.2 Å². The van der Waals surface area contributed by atoms with E-state index in [1.807, 2.05) is 0 Å². The minimum absolute atomic E-state index is 0.0423. The summed E-state index contributed by atoms with van der Waals surface area (Å²) in [5.41, 5.74) is 0.443. The van der Waals surface area contributed by atoms with Gasteiger partial charge in [-0.2, -0.15) is 0 Å². The van der Waals surface area contributed by atoms with Gasteiger partial charge in [0.2, 0.25) is 10.0 Å². The van der Waals surface area contributed by atoms with Crippen molar-refractivity contribution in [3.8, 4) is 0 Å². The van der Waals surface area contributed by atoms with Crippen LogP contribution in [0.3, 0.4) is 0 Å². The Morgan fingerprint density at radius 1 is 1.50 bits per heavy atom. The molecule has 0 spiro atoms. The topological polar surface area (TPSA) is 54.5 Å². The second-order valence-electron chi connectivity index (χ2n) is 4.99. The number of carbonyl (C=O) groups excluding carboxylic acids is 1. The van der Waals surface area contributed by atoms with Gasteiger partial charge in [0.1, 0.15) is 4.34 Å². The van der Waals surface area contributed by atoms with Gasteiger partial charge in [-0.25, -0.2) is 12.7 Å². The maximum Gasteiger partial charge on any atom is 0.211 e. The number of halogens is 2. The highest BCUT2D eigenvalue weighted by atomic mass is 35.5. The van der Waals surface area contributed by atoms with Crippen molar-refractivity contribution >= 4 is 50.3 Å². The minimum atomic E-state index is -3.19. The fraction of sp³-hybridized carbons (Fsp3) is 0.583. The van der Waals surface area contributed by atoms with E-state index in [9.17, 15) is 13.2 Å². The number of hydrogen-bond acceptors (Lipinski definition) is 4. The van der Waals surface area contributed by atoms with Crippen LogP contribution in [0.25, 0.3) is 0 Å². The van der Waals surface area contributed by atoms with Crippen LogP contribution in [0.15, 0.2) is 6.07 Å². The molecular weight excluding hydrogens is 341 g/mol. The molecule has 2 rings (SSSR count). The van der Waals surface area contributed by atoms with Crippen molar-refractivity contribution in [1.82, 2.24) is 4.31 Å². The molecule has 1 aliphatic rings. The number of sulfonamides is 1. The predicted molar refractivity (Wildman–Crippen MR) is 82.4 cm³/mol. The van der Waals surface area contributed by atoms with Crippen molar-refractivity contribution in [2.24, 2.45) is 5.92 Å². The molecule has 20 heavy (non-hydrogen) atoms. The third-order valence-electron chi connectivity index (χ3n) is 3.38. The Morgan fingerprint density at radius 3 is 2.75 bits per heavy atom. The number of Topliss-reactive ketones (excluding diaryl/α,β-unsaturated/α-hetero) is 1.